The molecule has 0 bridgehead atoms. The minimum Gasteiger partial charge on any atom is -0.441 e. The molecular formula is C18H19F3N4O5. The second kappa shape index (κ2) is 8.20. The van der Waals surface area contributed by atoms with E-state index in [1.54, 1.807) is 18.0 Å². The molecule has 12 heteroatoms. The number of nitrogens with one attached hydrogen (secondary N) is 1. The number of carbonyl (C=O) groups is 1. The van der Waals surface area contributed by atoms with Crippen LogP contribution in [-0.2, 0) is 31.7 Å². The molecule has 2 fully saturated rings. The van der Waals surface area contributed by atoms with E-state index in [1.165, 1.54) is 12.1 Å². The summed E-state index contributed by atoms with van der Waals surface area (Å²) in [5.74, 6) is 0. The number of alkyl halides is 3. The Bertz CT molecular complexity index is 906. The van der Waals surface area contributed by atoms with Crippen LogP contribution >= 0.6 is 0 Å². The normalized spacial score (nSPS) is 25.9. The SMILES string of the molecule is COCc1cn(C2COC3C(OC(=O)Nc4cccc(C(F)(F)F)c4)COC32)nn1. The molecule has 0 saturated carbocycles. The molecule has 4 atom stereocenters. The number of rotatable bonds is 5. The van der Waals surface area contributed by atoms with Crippen LogP contribution in [0.4, 0.5) is 23.7 Å². The molecule has 1 aromatic carbocycles. The Kier molecular flexibility index (Phi) is 5.62. The van der Waals surface area contributed by atoms with Crippen LogP contribution in [0.1, 0.15) is 17.3 Å². The van der Waals surface area contributed by atoms with Gasteiger partial charge in [0.15, 0.2) is 6.10 Å². The number of methoxy groups -OCH3 is 1. The summed E-state index contributed by atoms with van der Waals surface area (Å²) >= 11 is 0. The average molecular weight is 428 g/mol. The summed E-state index contributed by atoms with van der Waals surface area (Å²) in [4.78, 5) is 12.2. The second-order valence-corrected chi connectivity index (χ2v) is 6.93. The van der Waals surface area contributed by atoms with Gasteiger partial charge in [0.05, 0.1) is 31.6 Å². The number of halogens is 3. The van der Waals surface area contributed by atoms with Crippen LogP contribution in [-0.4, -0.2) is 59.7 Å². The number of anilines is 1. The molecule has 0 aliphatic carbocycles. The van der Waals surface area contributed by atoms with Gasteiger partial charge < -0.3 is 18.9 Å². The minimum atomic E-state index is -4.51. The highest BCUT2D eigenvalue weighted by atomic mass is 19.4. The molecule has 1 N–H and O–H groups in total. The van der Waals surface area contributed by atoms with Crippen LogP contribution in [0.25, 0.3) is 0 Å². The summed E-state index contributed by atoms with van der Waals surface area (Å²) in [6.45, 7) is 0.714. The van der Waals surface area contributed by atoms with Crippen molar-refractivity contribution in [1.82, 2.24) is 15.0 Å². The molecule has 4 rings (SSSR count). The fourth-order valence-electron chi connectivity index (χ4n) is 3.52. The van der Waals surface area contributed by atoms with Crippen molar-refractivity contribution < 1.29 is 36.9 Å². The quantitative estimate of drug-likeness (QED) is 0.781. The van der Waals surface area contributed by atoms with Crippen LogP contribution in [0.2, 0.25) is 0 Å². The summed E-state index contributed by atoms with van der Waals surface area (Å²) in [7, 11) is 1.56. The van der Waals surface area contributed by atoms with Gasteiger partial charge in [-0.1, -0.05) is 11.3 Å². The topological polar surface area (TPSA) is 96.7 Å². The van der Waals surface area contributed by atoms with E-state index in [0.717, 1.165) is 12.1 Å². The number of carbonyl (C=O) groups excluding carboxylic acids is 1. The predicted octanol–water partition coefficient (Wildman–Crippen LogP) is 2.40. The molecule has 2 aliphatic rings. The first-order valence-corrected chi connectivity index (χ1v) is 9.13. The zero-order valence-electron chi connectivity index (χ0n) is 15.8. The number of fused-ring (bicyclic) bond motifs is 1. The van der Waals surface area contributed by atoms with Gasteiger partial charge in [0.2, 0.25) is 0 Å². The largest absolute Gasteiger partial charge is 0.441 e. The minimum absolute atomic E-state index is 0.0243. The van der Waals surface area contributed by atoms with Gasteiger partial charge in [0.1, 0.15) is 23.9 Å². The highest BCUT2D eigenvalue weighted by Crippen LogP contribution is 2.35. The van der Waals surface area contributed by atoms with Crippen LogP contribution in [0.5, 0.6) is 0 Å². The molecule has 2 aliphatic heterocycles. The third-order valence-electron chi connectivity index (χ3n) is 4.87. The lowest BCUT2D eigenvalue weighted by molar-refractivity contribution is -0.137. The van der Waals surface area contributed by atoms with E-state index in [-0.39, 0.29) is 18.3 Å². The molecule has 1 aromatic heterocycles. The zero-order chi connectivity index (χ0) is 21.3. The van der Waals surface area contributed by atoms with E-state index in [0.29, 0.717) is 18.9 Å². The van der Waals surface area contributed by atoms with Crippen molar-refractivity contribution in [3.8, 4) is 0 Å². The second-order valence-electron chi connectivity index (χ2n) is 6.93. The lowest BCUT2D eigenvalue weighted by Gasteiger charge is -2.17. The number of amides is 1. The molecular weight excluding hydrogens is 409 g/mol. The maximum atomic E-state index is 12.8. The standard InChI is InChI=1S/C18H19F3N4O5/c1-27-7-12-6-25(24-23-12)13-8-28-16-14(9-29-15(13)16)30-17(26)22-11-4-2-3-10(5-11)18(19,20)21/h2-6,13-16H,7-9H2,1H3,(H,22,26). The summed E-state index contributed by atoms with van der Waals surface area (Å²) in [6, 6.07) is 4.05. The first kappa shape index (κ1) is 20.6. The van der Waals surface area contributed by atoms with Gasteiger partial charge in [0.25, 0.3) is 0 Å². The molecule has 1 amide bonds. The van der Waals surface area contributed by atoms with Crippen LogP contribution in [0, 0.1) is 0 Å². The Morgan fingerprint density at radius 3 is 2.87 bits per heavy atom. The Morgan fingerprint density at radius 2 is 2.10 bits per heavy atom. The highest BCUT2D eigenvalue weighted by Gasteiger charge is 2.50. The monoisotopic (exact) mass is 428 g/mol. The first-order valence-electron chi connectivity index (χ1n) is 9.13. The summed E-state index contributed by atoms with van der Waals surface area (Å²) < 4.78 is 61.9. The van der Waals surface area contributed by atoms with Gasteiger partial charge >= 0.3 is 12.3 Å². The molecule has 162 valence electrons. The zero-order valence-corrected chi connectivity index (χ0v) is 15.8. The Hall–Kier alpha value is -2.70. The van der Waals surface area contributed by atoms with Crippen molar-refractivity contribution >= 4 is 11.8 Å². The maximum absolute atomic E-state index is 12.8. The third kappa shape index (κ3) is 4.25. The molecule has 3 heterocycles. The number of hydrogen-bond acceptors (Lipinski definition) is 7. The lowest BCUT2D eigenvalue weighted by Crippen LogP contribution is -2.34. The fourth-order valence-corrected chi connectivity index (χ4v) is 3.52. The van der Waals surface area contributed by atoms with E-state index < -0.39 is 36.1 Å². The van der Waals surface area contributed by atoms with E-state index in [4.69, 9.17) is 18.9 Å². The van der Waals surface area contributed by atoms with E-state index >= 15 is 0 Å². The third-order valence-corrected chi connectivity index (χ3v) is 4.87. The average Bonchev–Trinajstić information content (AvgIpc) is 3.39. The smallest absolute Gasteiger partial charge is 0.416 e. The number of ether oxygens (including phenoxy) is 4. The van der Waals surface area contributed by atoms with Gasteiger partial charge in [-0.2, -0.15) is 13.2 Å². The van der Waals surface area contributed by atoms with Crippen molar-refractivity contribution in [3.63, 3.8) is 0 Å². The van der Waals surface area contributed by atoms with E-state index in [9.17, 15) is 18.0 Å². The summed E-state index contributed by atoms with van der Waals surface area (Å²) in [6.07, 6.45) is -5.28. The van der Waals surface area contributed by atoms with Gasteiger partial charge in [-0.25, -0.2) is 9.48 Å². The molecule has 30 heavy (non-hydrogen) atoms. The Labute approximate surface area is 169 Å². The highest BCUT2D eigenvalue weighted by molar-refractivity contribution is 5.84. The van der Waals surface area contributed by atoms with Crippen molar-refractivity contribution in [1.29, 1.82) is 0 Å². The van der Waals surface area contributed by atoms with Gasteiger partial charge in [0, 0.05) is 12.8 Å². The van der Waals surface area contributed by atoms with E-state index in [1.807, 2.05) is 0 Å². The van der Waals surface area contributed by atoms with Crippen molar-refractivity contribution in [2.24, 2.45) is 0 Å². The number of benzene rings is 1. The number of aromatic nitrogens is 3. The van der Waals surface area contributed by atoms with Crippen molar-refractivity contribution in [3.05, 3.63) is 41.7 Å². The van der Waals surface area contributed by atoms with Gasteiger partial charge in [-0.3, -0.25) is 5.32 Å². The van der Waals surface area contributed by atoms with Crippen LogP contribution in [0.15, 0.2) is 30.5 Å². The Balaban J connectivity index is 1.36. The molecule has 0 radical (unpaired) electrons. The molecule has 4 unspecified atom stereocenters. The van der Waals surface area contributed by atoms with E-state index in [2.05, 4.69) is 15.6 Å². The number of nitrogens with zero attached hydrogens (tertiary/aromatic N) is 3. The first-order chi connectivity index (χ1) is 14.3. The summed E-state index contributed by atoms with van der Waals surface area (Å²) in [5.41, 5.74) is -0.233. The molecule has 0 spiro atoms. The summed E-state index contributed by atoms with van der Waals surface area (Å²) in [5, 5.41) is 10.4. The van der Waals surface area contributed by atoms with Crippen molar-refractivity contribution in [2.75, 3.05) is 25.6 Å². The van der Waals surface area contributed by atoms with Crippen LogP contribution < -0.4 is 5.32 Å². The lowest BCUT2D eigenvalue weighted by atomic mass is 10.1. The predicted molar refractivity (Wildman–Crippen MR) is 94.6 cm³/mol. The van der Waals surface area contributed by atoms with Crippen LogP contribution in [0.3, 0.4) is 0 Å². The Morgan fingerprint density at radius 1 is 1.30 bits per heavy atom. The molecule has 2 aromatic rings. The van der Waals surface area contributed by atoms with Crippen molar-refractivity contribution in [2.45, 2.75) is 37.1 Å². The van der Waals surface area contributed by atoms with Gasteiger partial charge in [-0.05, 0) is 18.2 Å². The molecule has 2 saturated heterocycles. The molecule has 9 nitrogen and oxygen atoms in total. The maximum Gasteiger partial charge on any atom is 0.416 e. The fraction of sp³-hybridized carbons (Fsp3) is 0.500. The van der Waals surface area contributed by atoms with Gasteiger partial charge in [-0.15, -0.1) is 5.10 Å². The number of hydrogen-bond donors (Lipinski definition) is 1.